The van der Waals surface area contributed by atoms with E-state index in [4.69, 9.17) is 11.6 Å². The molecule has 0 bridgehead atoms. The van der Waals surface area contributed by atoms with Crippen LogP contribution < -0.4 is 0 Å². The van der Waals surface area contributed by atoms with Crippen LogP contribution in [0.1, 0.15) is 63.9 Å². The number of hydrogen-bond acceptors (Lipinski definition) is 3. The number of carboxylic acid groups (broad SMARTS) is 1. The van der Waals surface area contributed by atoms with Crippen molar-refractivity contribution in [2.24, 2.45) is 11.8 Å². The average molecular weight is 419 g/mol. The molecule has 2 fully saturated rings. The lowest BCUT2D eigenvalue weighted by molar-refractivity contribution is -0.154. The van der Waals surface area contributed by atoms with E-state index in [2.05, 4.69) is 23.7 Å². The van der Waals surface area contributed by atoms with Crippen LogP contribution in [0.5, 0.6) is 0 Å². The normalized spacial score (nSPS) is 30.1. The molecule has 2 aromatic rings. The summed E-state index contributed by atoms with van der Waals surface area (Å²) in [5.74, 6) is -0.679. The molecule has 6 atom stereocenters. The Hall–Kier alpha value is -1.56. The van der Waals surface area contributed by atoms with Crippen molar-refractivity contribution in [2.45, 2.75) is 76.6 Å². The molecule has 1 aliphatic heterocycles. The fourth-order valence-corrected chi connectivity index (χ4v) is 6.14. The molecule has 29 heavy (non-hydrogen) atoms. The Bertz CT molecular complexity index is 882. The van der Waals surface area contributed by atoms with E-state index in [9.17, 15) is 15.0 Å². The minimum Gasteiger partial charge on any atom is -0.481 e. The zero-order valence-electron chi connectivity index (χ0n) is 17.1. The predicted molar refractivity (Wildman–Crippen MR) is 115 cm³/mol. The highest BCUT2D eigenvalue weighted by Crippen LogP contribution is 2.43. The summed E-state index contributed by atoms with van der Waals surface area (Å²) in [6.07, 6.45) is 6.55. The SMILES string of the molecule is CC(CC(O)N1C(C)CCC2C(C(=O)O)CCCC21)c1c[nH]c2cccc(Cl)c12. The first-order valence-corrected chi connectivity index (χ1v) is 11.2. The zero-order chi connectivity index (χ0) is 20.7. The Morgan fingerprint density at radius 3 is 2.86 bits per heavy atom. The monoisotopic (exact) mass is 418 g/mol. The molecular formula is C23H31ClN2O3. The minimum absolute atomic E-state index is 0.130. The number of halogens is 1. The molecule has 6 unspecified atom stereocenters. The molecular weight excluding hydrogens is 388 g/mol. The van der Waals surface area contributed by atoms with Gasteiger partial charge in [-0.2, -0.15) is 0 Å². The van der Waals surface area contributed by atoms with Crippen molar-refractivity contribution in [3.05, 3.63) is 35.0 Å². The van der Waals surface area contributed by atoms with E-state index in [1.807, 2.05) is 24.4 Å². The van der Waals surface area contributed by atoms with Crippen molar-refractivity contribution in [3.8, 4) is 0 Å². The van der Waals surface area contributed by atoms with E-state index in [1.165, 1.54) is 0 Å². The second-order valence-corrected chi connectivity index (χ2v) is 9.41. The number of carboxylic acids is 1. The van der Waals surface area contributed by atoms with E-state index in [-0.39, 0.29) is 29.8 Å². The van der Waals surface area contributed by atoms with Crippen LogP contribution in [0.15, 0.2) is 24.4 Å². The van der Waals surface area contributed by atoms with Crippen molar-refractivity contribution in [2.75, 3.05) is 0 Å². The molecule has 1 saturated carbocycles. The second kappa shape index (κ2) is 8.29. The van der Waals surface area contributed by atoms with E-state index in [0.717, 1.165) is 53.6 Å². The number of aromatic nitrogens is 1. The van der Waals surface area contributed by atoms with Crippen molar-refractivity contribution in [3.63, 3.8) is 0 Å². The fourth-order valence-electron chi connectivity index (χ4n) is 5.86. The Morgan fingerprint density at radius 1 is 1.31 bits per heavy atom. The molecule has 5 nitrogen and oxygen atoms in total. The molecule has 6 heteroatoms. The summed E-state index contributed by atoms with van der Waals surface area (Å²) in [7, 11) is 0. The Balaban J connectivity index is 1.54. The molecule has 3 N–H and O–H groups in total. The van der Waals surface area contributed by atoms with Crippen molar-refractivity contribution >= 4 is 28.5 Å². The van der Waals surface area contributed by atoms with Gasteiger partial charge in [-0.15, -0.1) is 0 Å². The Morgan fingerprint density at radius 2 is 2.10 bits per heavy atom. The summed E-state index contributed by atoms with van der Waals surface area (Å²) in [5.41, 5.74) is 2.13. The largest absolute Gasteiger partial charge is 0.481 e. The van der Waals surface area contributed by atoms with Gasteiger partial charge in [-0.25, -0.2) is 0 Å². The fraction of sp³-hybridized carbons (Fsp3) is 0.609. The van der Waals surface area contributed by atoms with Crippen LogP contribution in [0.25, 0.3) is 10.9 Å². The first kappa shape index (κ1) is 20.7. The second-order valence-electron chi connectivity index (χ2n) is 9.00. The summed E-state index contributed by atoms with van der Waals surface area (Å²) < 4.78 is 0. The third-order valence-corrected chi connectivity index (χ3v) is 7.59. The maximum Gasteiger partial charge on any atom is 0.306 e. The maximum absolute atomic E-state index is 11.8. The number of hydrogen-bond donors (Lipinski definition) is 3. The van der Waals surface area contributed by atoms with Gasteiger partial charge in [0, 0.05) is 29.2 Å². The number of aromatic amines is 1. The molecule has 0 spiro atoms. The summed E-state index contributed by atoms with van der Waals surface area (Å²) in [4.78, 5) is 17.3. The number of fused-ring (bicyclic) bond motifs is 2. The molecule has 4 rings (SSSR count). The summed E-state index contributed by atoms with van der Waals surface area (Å²) in [6, 6.07) is 6.26. The van der Waals surface area contributed by atoms with E-state index < -0.39 is 12.2 Å². The third kappa shape index (κ3) is 3.80. The number of likely N-dealkylation sites (tertiary alicyclic amines) is 1. The van der Waals surface area contributed by atoms with Gasteiger partial charge in [-0.1, -0.05) is 31.0 Å². The smallest absolute Gasteiger partial charge is 0.306 e. The van der Waals surface area contributed by atoms with E-state index >= 15 is 0 Å². The van der Waals surface area contributed by atoms with Gasteiger partial charge in [0.25, 0.3) is 0 Å². The first-order chi connectivity index (χ1) is 13.9. The van der Waals surface area contributed by atoms with Gasteiger partial charge in [0.1, 0.15) is 6.23 Å². The maximum atomic E-state index is 11.8. The molecule has 2 aliphatic rings. The van der Waals surface area contributed by atoms with Gasteiger partial charge >= 0.3 is 5.97 Å². The molecule has 0 radical (unpaired) electrons. The molecule has 1 aliphatic carbocycles. The third-order valence-electron chi connectivity index (χ3n) is 7.28. The number of carbonyl (C=O) groups is 1. The minimum atomic E-state index is -0.675. The standard InChI is InChI=1S/C23H31ClN2O3/c1-13(17-12-25-19-7-4-6-18(24)22(17)19)11-21(27)26-14(2)9-10-15-16(23(28)29)5-3-8-20(15)26/h4,6-7,12-16,20-21,25,27H,3,5,8-11H2,1-2H3,(H,28,29). The van der Waals surface area contributed by atoms with Crippen molar-refractivity contribution < 1.29 is 15.0 Å². The van der Waals surface area contributed by atoms with Crippen LogP contribution in [0.2, 0.25) is 5.02 Å². The summed E-state index contributed by atoms with van der Waals surface area (Å²) >= 11 is 6.44. The van der Waals surface area contributed by atoms with E-state index in [0.29, 0.717) is 6.42 Å². The van der Waals surface area contributed by atoms with Crippen LogP contribution in [0, 0.1) is 11.8 Å². The number of piperidine rings is 1. The van der Waals surface area contributed by atoms with Crippen molar-refractivity contribution in [1.29, 1.82) is 0 Å². The average Bonchev–Trinajstić information content (AvgIpc) is 3.12. The van der Waals surface area contributed by atoms with Crippen LogP contribution >= 0.6 is 11.6 Å². The van der Waals surface area contributed by atoms with Crippen LogP contribution in [0.4, 0.5) is 0 Å². The zero-order valence-corrected chi connectivity index (χ0v) is 17.9. The first-order valence-electron chi connectivity index (χ1n) is 10.8. The Labute approximate surface area is 177 Å². The van der Waals surface area contributed by atoms with Gasteiger partial charge in [0.15, 0.2) is 0 Å². The molecule has 1 saturated heterocycles. The van der Waals surface area contributed by atoms with Gasteiger partial charge in [-0.05, 0) is 68.6 Å². The Kier molecular flexibility index (Phi) is 5.92. The molecule has 2 heterocycles. The number of aliphatic hydroxyl groups is 1. The van der Waals surface area contributed by atoms with Crippen LogP contribution in [-0.2, 0) is 4.79 Å². The number of rotatable bonds is 5. The topological polar surface area (TPSA) is 76.6 Å². The number of aliphatic hydroxyl groups excluding tert-OH is 1. The van der Waals surface area contributed by atoms with Gasteiger partial charge < -0.3 is 15.2 Å². The summed E-state index contributed by atoms with van der Waals surface area (Å²) in [5, 5.41) is 22.7. The number of benzene rings is 1. The lowest BCUT2D eigenvalue weighted by atomic mass is 9.69. The van der Waals surface area contributed by atoms with Gasteiger partial charge in [-0.3, -0.25) is 9.69 Å². The lowest BCUT2D eigenvalue weighted by Crippen LogP contribution is -2.58. The van der Waals surface area contributed by atoms with E-state index in [1.54, 1.807) is 0 Å². The quantitative estimate of drug-likeness (QED) is 0.639. The van der Waals surface area contributed by atoms with Gasteiger partial charge in [0.05, 0.1) is 10.9 Å². The lowest BCUT2D eigenvalue weighted by Gasteiger charge is -2.51. The van der Waals surface area contributed by atoms with Crippen LogP contribution in [-0.4, -0.2) is 44.4 Å². The molecule has 0 amide bonds. The number of H-pyrrole nitrogens is 1. The molecule has 1 aromatic heterocycles. The number of aliphatic carboxylic acids is 1. The van der Waals surface area contributed by atoms with Gasteiger partial charge in [0.2, 0.25) is 0 Å². The van der Waals surface area contributed by atoms with Crippen LogP contribution in [0.3, 0.4) is 0 Å². The predicted octanol–water partition coefficient (Wildman–Crippen LogP) is 4.99. The number of nitrogens with zero attached hydrogens (tertiary/aromatic N) is 1. The highest BCUT2D eigenvalue weighted by molar-refractivity contribution is 6.35. The number of nitrogens with one attached hydrogen (secondary N) is 1. The van der Waals surface area contributed by atoms with Crippen molar-refractivity contribution in [1.82, 2.24) is 9.88 Å². The highest BCUT2D eigenvalue weighted by atomic mass is 35.5. The molecule has 1 aromatic carbocycles. The highest BCUT2D eigenvalue weighted by Gasteiger charge is 2.46. The summed E-state index contributed by atoms with van der Waals surface area (Å²) in [6.45, 7) is 4.29. The molecule has 158 valence electrons.